The fourth-order valence-electron chi connectivity index (χ4n) is 2.54. The van der Waals surface area contributed by atoms with Gasteiger partial charge in [0.2, 0.25) is 11.8 Å². The number of amides is 2. The standard InChI is InChI=1S/C15H28N2O3/c1-5-11(8-10-18)16-13(19)12-7-6-9-17(12)14(20)15(2,3)4/h11-12,18H,5-10H2,1-4H3,(H,16,19). The molecule has 2 N–H and O–H groups in total. The summed E-state index contributed by atoms with van der Waals surface area (Å²) in [5.74, 6) is -0.0502. The molecule has 2 amide bonds. The Kier molecular flexibility index (Phi) is 5.99. The van der Waals surface area contributed by atoms with Gasteiger partial charge < -0.3 is 15.3 Å². The number of likely N-dealkylation sites (tertiary alicyclic amines) is 1. The molecule has 1 saturated heterocycles. The smallest absolute Gasteiger partial charge is 0.243 e. The van der Waals surface area contributed by atoms with Crippen molar-refractivity contribution in [1.82, 2.24) is 10.2 Å². The molecule has 2 unspecified atom stereocenters. The van der Waals surface area contributed by atoms with Gasteiger partial charge in [0, 0.05) is 24.6 Å². The van der Waals surface area contributed by atoms with Gasteiger partial charge in [-0.25, -0.2) is 0 Å². The van der Waals surface area contributed by atoms with E-state index in [1.807, 2.05) is 27.7 Å². The summed E-state index contributed by atoms with van der Waals surface area (Å²) in [6.07, 6.45) is 2.94. The van der Waals surface area contributed by atoms with Gasteiger partial charge in [-0.15, -0.1) is 0 Å². The van der Waals surface area contributed by atoms with Gasteiger partial charge in [0.15, 0.2) is 0 Å². The molecule has 1 rings (SSSR count). The van der Waals surface area contributed by atoms with E-state index in [0.717, 1.165) is 19.3 Å². The van der Waals surface area contributed by atoms with Crippen molar-refractivity contribution < 1.29 is 14.7 Å². The van der Waals surface area contributed by atoms with Crippen molar-refractivity contribution in [2.75, 3.05) is 13.2 Å². The van der Waals surface area contributed by atoms with Crippen LogP contribution in [0.15, 0.2) is 0 Å². The molecule has 0 bridgehead atoms. The summed E-state index contributed by atoms with van der Waals surface area (Å²) in [6.45, 7) is 8.34. The number of carbonyl (C=O) groups is 2. The first-order valence-corrected chi connectivity index (χ1v) is 7.53. The van der Waals surface area contributed by atoms with Crippen LogP contribution in [-0.4, -0.2) is 47.1 Å². The van der Waals surface area contributed by atoms with E-state index >= 15 is 0 Å². The molecule has 1 fully saturated rings. The minimum atomic E-state index is -0.460. The zero-order chi connectivity index (χ0) is 15.3. The van der Waals surface area contributed by atoms with E-state index in [0.29, 0.717) is 13.0 Å². The lowest BCUT2D eigenvalue weighted by molar-refractivity contribution is -0.144. The van der Waals surface area contributed by atoms with Gasteiger partial charge in [-0.1, -0.05) is 27.7 Å². The molecule has 1 aliphatic heterocycles. The second-order valence-electron chi connectivity index (χ2n) is 6.53. The van der Waals surface area contributed by atoms with E-state index in [1.165, 1.54) is 0 Å². The SMILES string of the molecule is CCC(CCO)NC(=O)C1CCCN1C(=O)C(C)(C)C. The van der Waals surface area contributed by atoms with Crippen molar-refractivity contribution in [3.63, 3.8) is 0 Å². The minimum absolute atomic E-state index is 0.0142. The van der Waals surface area contributed by atoms with Gasteiger partial charge in [-0.05, 0) is 25.7 Å². The first-order chi connectivity index (χ1) is 9.31. The molecular formula is C15H28N2O3. The van der Waals surface area contributed by atoms with Gasteiger partial charge in [0.1, 0.15) is 6.04 Å². The molecule has 5 nitrogen and oxygen atoms in total. The Morgan fingerprint density at radius 3 is 2.55 bits per heavy atom. The average molecular weight is 284 g/mol. The van der Waals surface area contributed by atoms with Crippen LogP contribution in [0.5, 0.6) is 0 Å². The van der Waals surface area contributed by atoms with Crippen LogP contribution in [0.4, 0.5) is 0 Å². The Bertz CT molecular complexity index is 350. The molecule has 0 saturated carbocycles. The van der Waals surface area contributed by atoms with E-state index in [9.17, 15) is 9.59 Å². The topological polar surface area (TPSA) is 69.6 Å². The highest BCUT2D eigenvalue weighted by Gasteiger charge is 2.38. The predicted octanol–water partition coefficient (Wildman–Crippen LogP) is 1.30. The number of rotatable bonds is 5. The maximum Gasteiger partial charge on any atom is 0.243 e. The Morgan fingerprint density at radius 2 is 2.05 bits per heavy atom. The normalized spacial score (nSPS) is 20.9. The van der Waals surface area contributed by atoms with Gasteiger partial charge in [-0.2, -0.15) is 0 Å². The predicted molar refractivity (Wildman–Crippen MR) is 78.1 cm³/mol. The van der Waals surface area contributed by atoms with Crippen molar-refractivity contribution in [2.45, 2.75) is 65.5 Å². The minimum Gasteiger partial charge on any atom is -0.396 e. The molecular weight excluding hydrogens is 256 g/mol. The molecule has 2 atom stereocenters. The Balaban J connectivity index is 2.69. The van der Waals surface area contributed by atoms with Crippen LogP contribution < -0.4 is 5.32 Å². The summed E-state index contributed by atoms with van der Waals surface area (Å²) < 4.78 is 0. The Labute approximate surface area is 121 Å². The highest BCUT2D eigenvalue weighted by Crippen LogP contribution is 2.25. The van der Waals surface area contributed by atoms with Crippen LogP contribution in [0.1, 0.15) is 53.4 Å². The van der Waals surface area contributed by atoms with Crippen LogP contribution in [0.3, 0.4) is 0 Å². The second-order valence-corrected chi connectivity index (χ2v) is 6.53. The highest BCUT2D eigenvalue weighted by atomic mass is 16.3. The van der Waals surface area contributed by atoms with Crippen molar-refractivity contribution in [3.8, 4) is 0 Å². The fourth-order valence-corrected chi connectivity index (χ4v) is 2.54. The third-order valence-electron chi connectivity index (χ3n) is 3.77. The van der Waals surface area contributed by atoms with E-state index < -0.39 is 5.41 Å². The van der Waals surface area contributed by atoms with Crippen molar-refractivity contribution in [2.24, 2.45) is 5.41 Å². The number of hydrogen-bond donors (Lipinski definition) is 2. The molecule has 20 heavy (non-hydrogen) atoms. The van der Waals surface area contributed by atoms with E-state index in [2.05, 4.69) is 5.32 Å². The Morgan fingerprint density at radius 1 is 1.40 bits per heavy atom. The lowest BCUT2D eigenvalue weighted by Gasteiger charge is -2.31. The summed E-state index contributed by atoms with van der Waals surface area (Å²) in [4.78, 5) is 26.4. The quantitative estimate of drug-likeness (QED) is 0.799. The molecule has 0 aliphatic carbocycles. The number of hydrogen-bond acceptors (Lipinski definition) is 3. The molecule has 1 heterocycles. The monoisotopic (exact) mass is 284 g/mol. The fraction of sp³-hybridized carbons (Fsp3) is 0.867. The lowest BCUT2D eigenvalue weighted by Crippen LogP contribution is -2.51. The van der Waals surface area contributed by atoms with Crippen LogP contribution >= 0.6 is 0 Å². The summed E-state index contributed by atoms with van der Waals surface area (Å²) in [7, 11) is 0. The molecule has 0 spiro atoms. The van der Waals surface area contributed by atoms with Crippen molar-refractivity contribution >= 4 is 11.8 Å². The van der Waals surface area contributed by atoms with Crippen LogP contribution in [-0.2, 0) is 9.59 Å². The van der Waals surface area contributed by atoms with E-state index in [4.69, 9.17) is 5.11 Å². The van der Waals surface area contributed by atoms with Crippen LogP contribution in [0.2, 0.25) is 0 Å². The maximum atomic E-state index is 12.4. The maximum absolute atomic E-state index is 12.4. The summed E-state index contributed by atoms with van der Waals surface area (Å²) in [5, 5.41) is 11.9. The zero-order valence-electron chi connectivity index (χ0n) is 13.1. The average Bonchev–Trinajstić information content (AvgIpc) is 2.85. The first kappa shape index (κ1) is 17.0. The molecule has 5 heteroatoms. The van der Waals surface area contributed by atoms with Gasteiger partial charge in [-0.3, -0.25) is 9.59 Å². The molecule has 0 aromatic heterocycles. The third-order valence-corrected chi connectivity index (χ3v) is 3.77. The largest absolute Gasteiger partial charge is 0.396 e. The molecule has 1 aliphatic rings. The number of aliphatic hydroxyl groups excluding tert-OH is 1. The molecule has 0 aromatic rings. The van der Waals surface area contributed by atoms with E-state index in [-0.39, 0.29) is 30.5 Å². The van der Waals surface area contributed by atoms with Crippen LogP contribution in [0, 0.1) is 5.41 Å². The molecule has 0 radical (unpaired) electrons. The highest BCUT2D eigenvalue weighted by molar-refractivity contribution is 5.90. The van der Waals surface area contributed by atoms with Crippen molar-refractivity contribution in [3.05, 3.63) is 0 Å². The molecule has 0 aromatic carbocycles. The second kappa shape index (κ2) is 7.07. The number of nitrogens with zero attached hydrogens (tertiary/aromatic N) is 1. The summed E-state index contributed by atoms with van der Waals surface area (Å²) in [5.41, 5.74) is -0.460. The van der Waals surface area contributed by atoms with Gasteiger partial charge in [0.25, 0.3) is 0 Å². The summed E-state index contributed by atoms with van der Waals surface area (Å²) >= 11 is 0. The third kappa shape index (κ3) is 4.20. The van der Waals surface area contributed by atoms with Gasteiger partial charge in [0.05, 0.1) is 0 Å². The van der Waals surface area contributed by atoms with Crippen molar-refractivity contribution in [1.29, 1.82) is 0 Å². The number of carbonyl (C=O) groups excluding carboxylic acids is 2. The van der Waals surface area contributed by atoms with Gasteiger partial charge >= 0.3 is 0 Å². The zero-order valence-corrected chi connectivity index (χ0v) is 13.1. The Hall–Kier alpha value is -1.10. The first-order valence-electron chi connectivity index (χ1n) is 7.53. The lowest BCUT2D eigenvalue weighted by atomic mass is 9.94. The summed E-state index contributed by atoms with van der Waals surface area (Å²) in [6, 6.07) is -0.367. The number of nitrogens with one attached hydrogen (secondary N) is 1. The molecule has 116 valence electrons. The van der Waals surface area contributed by atoms with Crippen LogP contribution in [0.25, 0.3) is 0 Å². The number of aliphatic hydroxyl groups is 1. The van der Waals surface area contributed by atoms with E-state index in [1.54, 1.807) is 4.90 Å².